The van der Waals surface area contributed by atoms with Gasteiger partial charge >= 0.3 is 6.18 Å². The number of halogens is 3. The summed E-state index contributed by atoms with van der Waals surface area (Å²) in [7, 11) is 0. The molecular weight excluding hydrogens is 307 g/mol. The van der Waals surface area contributed by atoms with E-state index in [0.717, 1.165) is 5.01 Å². The molecule has 1 fully saturated rings. The van der Waals surface area contributed by atoms with Gasteiger partial charge in [-0.3, -0.25) is 10.2 Å². The molecular formula is C16H18F3N3O. The van der Waals surface area contributed by atoms with Crippen molar-refractivity contribution in [3.63, 3.8) is 0 Å². The molecule has 1 amide bonds. The van der Waals surface area contributed by atoms with Crippen molar-refractivity contribution in [2.45, 2.75) is 38.9 Å². The molecule has 4 nitrogen and oxygen atoms in total. The molecule has 0 saturated carbocycles. The van der Waals surface area contributed by atoms with Crippen molar-refractivity contribution < 1.29 is 18.0 Å². The first-order chi connectivity index (χ1) is 10.6. The number of hydrogen-bond donors (Lipinski definition) is 1. The third kappa shape index (κ3) is 4.02. The minimum Gasteiger partial charge on any atom is -0.288 e. The van der Waals surface area contributed by atoms with Crippen molar-refractivity contribution in [2.75, 3.05) is 6.54 Å². The van der Waals surface area contributed by atoms with Crippen LogP contribution in [0, 0.1) is 16.7 Å². The predicted octanol–water partition coefficient (Wildman–Crippen LogP) is 2.79. The van der Waals surface area contributed by atoms with Crippen LogP contribution < -0.4 is 5.43 Å². The summed E-state index contributed by atoms with van der Waals surface area (Å²) in [5.41, 5.74) is 2.58. The zero-order valence-electron chi connectivity index (χ0n) is 12.9. The summed E-state index contributed by atoms with van der Waals surface area (Å²) >= 11 is 0. The minimum absolute atomic E-state index is 0.00818. The zero-order chi connectivity index (χ0) is 17.3. The Morgan fingerprint density at radius 3 is 2.65 bits per heavy atom. The number of amides is 1. The van der Waals surface area contributed by atoms with Crippen molar-refractivity contribution in [2.24, 2.45) is 5.41 Å². The average Bonchev–Trinajstić information content (AvgIpc) is 2.71. The molecule has 1 heterocycles. The van der Waals surface area contributed by atoms with Gasteiger partial charge in [0.05, 0.1) is 17.0 Å². The number of hydrazine groups is 1. The number of aryl methyl sites for hydroxylation is 1. The number of carbonyl (C=O) groups excluding carboxylic acids is 1. The molecule has 0 bridgehead atoms. The second-order valence-corrected chi connectivity index (χ2v) is 6.36. The van der Waals surface area contributed by atoms with Crippen molar-refractivity contribution in [1.82, 2.24) is 10.4 Å². The van der Waals surface area contributed by atoms with Crippen molar-refractivity contribution in [3.05, 3.63) is 35.4 Å². The fraction of sp³-hybridized carbons (Fsp3) is 0.500. The van der Waals surface area contributed by atoms with Crippen LogP contribution >= 0.6 is 0 Å². The number of alkyl halides is 3. The third-order valence-electron chi connectivity index (χ3n) is 3.94. The Morgan fingerprint density at radius 1 is 1.43 bits per heavy atom. The van der Waals surface area contributed by atoms with E-state index in [1.54, 1.807) is 38.1 Å². The van der Waals surface area contributed by atoms with Gasteiger partial charge in [-0.1, -0.05) is 12.1 Å². The van der Waals surface area contributed by atoms with E-state index in [4.69, 9.17) is 5.26 Å². The fourth-order valence-corrected chi connectivity index (χ4v) is 2.60. The van der Waals surface area contributed by atoms with Gasteiger partial charge in [-0.05, 0) is 44.4 Å². The van der Waals surface area contributed by atoms with Gasteiger partial charge in [0.2, 0.25) is 5.91 Å². The fourth-order valence-electron chi connectivity index (χ4n) is 2.60. The van der Waals surface area contributed by atoms with Crippen LogP contribution in [0.2, 0.25) is 0 Å². The molecule has 0 radical (unpaired) electrons. The van der Waals surface area contributed by atoms with E-state index in [0.29, 0.717) is 11.1 Å². The Kier molecular flexibility index (Phi) is 4.66. The number of nitrogens with zero attached hydrogens (tertiary/aromatic N) is 2. The molecule has 23 heavy (non-hydrogen) atoms. The van der Waals surface area contributed by atoms with Gasteiger partial charge in [-0.15, -0.1) is 0 Å². The Balaban J connectivity index is 2.12. The maximum atomic E-state index is 13.4. The van der Waals surface area contributed by atoms with Crippen molar-refractivity contribution >= 4 is 5.91 Å². The largest absolute Gasteiger partial charge is 0.405 e. The molecule has 1 atom stereocenters. The monoisotopic (exact) mass is 325 g/mol. The lowest BCUT2D eigenvalue weighted by Gasteiger charge is -2.29. The van der Waals surface area contributed by atoms with Crippen LogP contribution in [-0.2, 0) is 11.2 Å². The SMILES string of the molecule is CC1(C)CN([C@@H](CCc2cccc(C#N)c2)C(F)(F)F)NC1=O. The van der Waals surface area contributed by atoms with Gasteiger partial charge in [-0.25, -0.2) is 5.01 Å². The molecule has 2 rings (SSSR count). The van der Waals surface area contributed by atoms with Crippen molar-refractivity contribution in [1.29, 1.82) is 5.26 Å². The van der Waals surface area contributed by atoms with Gasteiger partial charge < -0.3 is 0 Å². The molecule has 0 aliphatic carbocycles. The highest BCUT2D eigenvalue weighted by molar-refractivity contribution is 5.83. The van der Waals surface area contributed by atoms with Gasteiger partial charge in [0.1, 0.15) is 6.04 Å². The summed E-state index contributed by atoms with van der Waals surface area (Å²) in [5.74, 6) is -0.404. The first-order valence-electron chi connectivity index (χ1n) is 7.27. The minimum atomic E-state index is -4.44. The van der Waals surface area contributed by atoms with E-state index in [9.17, 15) is 18.0 Å². The molecule has 1 aliphatic rings. The number of hydrogen-bond acceptors (Lipinski definition) is 3. The molecule has 0 spiro atoms. The molecule has 1 aliphatic heterocycles. The normalized spacial score (nSPS) is 19.2. The maximum Gasteiger partial charge on any atom is 0.405 e. The van der Waals surface area contributed by atoms with Crippen LogP contribution in [0.25, 0.3) is 0 Å². The van der Waals surface area contributed by atoms with Crippen LogP contribution in [0.4, 0.5) is 13.2 Å². The van der Waals surface area contributed by atoms with Gasteiger partial charge in [0.25, 0.3) is 0 Å². The van der Waals surface area contributed by atoms with Crippen LogP contribution in [0.3, 0.4) is 0 Å². The lowest BCUT2D eigenvalue weighted by Crippen LogP contribution is -2.50. The second-order valence-electron chi connectivity index (χ2n) is 6.36. The topological polar surface area (TPSA) is 56.1 Å². The Labute approximate surface area is 132 Å². The van der Waals surface area contributed by atoms with Gasteiger partial charge in [0.15, 0.2) is 0 Å². The van der Waals surface area contributed by atoms with Crippen LogP contribution in [0.1, 0.15) is 31.4 Å². The number of benzene rings is 1. The van der Waals surface area contributed by atoms with Crippen molar-refractivity contribution in [3.8, 4) is 6.07 Å². The molecule has 1 N–H and O–H groups in total. The first kappa shape index (κ1) is 17.3. The van der Waals surface area contributed by atoms with E-state index in [-0.39, 0.29) is 19.4 Å². The van der Waals surface area contributed by atoms with E-state index < -0.39 is 23.5 Å². The van der Waals surface area contributed by atoms with E-state index in [1.807, 2.05) is 6.07 Å². The summed E-state index contributed by atoms with van der Waals surface area (Å²) in [5, 5.41) is 9.83. The molecule has 0 aromatic heterocycles. The van der Waals surface area contributed by atoms with Crippen LogP contribution in [0.5, 0.6) is 0 Å². The Morgan fingerprint density at radius 2 is 2.13 bits per heavy atom. The lowest BCUT2D eigenvalue weighted by atomic mass is 9.94. The average molecular weight is 325 g/mol. The van der Waals surface area contributed by atoms with Gasteiger partial charge in [0, 0.05) is 6.54 Å². The Bertz CT molecular complexity index is 634. The third-order valence-corrected chi connectivity index (χ3v) is 3.94. The maximum absolute atomic E-state index is 13.4. The molecule has 1 saturated heterocycles. The molecule has 1 aromatic rings. The van der Waals surface area contributed by atoms with Crippen LogP contribution in [-0.4, -0.2) is 29.7 Å². The summed E-state index contributed by atoms with van der Waals surface area (Å²) in [6.45, 7) is 3.24. The molecule has 7 heteroatoms. The van der Waals surface area contributed by atoms with Crippen LogP contribution in [0.15, 0.2) is 24.3 Å². The molecule has 0 unspecified atom stereocenters. The lowest BCUT2D eigenvalue weighted by molar-refractivity contribution is -0.190. The number of carbonyl (C=O) groups is 1. The van der Waals surface area contributed by atoms with E-state index >= 15 is 0 Å². The highest BCUT2D eigenvalue weighted by Crippen LogP contribution is 2.33. The zero-order valence-corrected chi connectivity index (χ0v) is 12.9. The highest BCUT2D eigenvalue weighted by atomic mass is 19.4. The quantitative estimate of drug-likeness (QED) is 0.926. The Hall–Kier alpha value is -2.07. The summed E-state index contributed by atoms with van der Waals surface area (Å²) < 4.78 is 40.1. The number of rotatable bonds is 4. The smallest absolute Gasteiger partial charge is 0.288 e. The first-order valence-corrected chi connectivity index (χ1v) is 7.27. The van der Waals surface area contributed by atoms with Gasteiger partial charge in [-0.2, -0.15) is 18.4 Å². The standard InChI is InChI=1S/C16H18F3N3O/c1-15(2)10-22(21-14(15)23)13(16(17,18)19)7-6-11-4-3-5-12(8-11)9-20/h3-5,8,13H,6-7,10H2,1-2H3,(H,21,23)/t13-/m0/s1. The second kappa shape index (κ2) is 6.20. The molecule has 1 aromatic carbocycles. The number of nitriles is 1. The summed E-state index contributed by atoms with van der Waals surface area (Å²) in [6, 6.07) is 6.75. The summed E-state index contributed by atoms with van der Waals surface area (Å²) in [6.07, 6.45) is -4.46. The number of nitrogens with one attached hydrogen (secondary N) is 1. The van der Waals surface area contributed by atoms with E-state index in [1.165, 1.54) is 0 Å². The van der Waals surface area contributed by atoms with E-state index in [2.05, 4.69) is 5.43 Å². The summed E-state index contributed by atoms with van der Waals surface area (Å²) in [4.78, 5) is 11.7. The predicted molar refractivity (Wildman–Crippen MR) is 78.0 cm³/mol. The molecule has 124 valence electrons. The highest BCUT2D eigenvalue weighted by Gasteiger charge is 2.49.